The van der Waals surface area contributed by atoms with Crippen LogP contribution in [0.4, 0.5) is 0 Å². The molecule has 2 rings (SSSR count). The Hall–Kier alpha value is -0.610. The first-order valence-electron chi connectivity index (χ1n) is 6.35. The summed E-state index contributed by atoms with van der Waals surface area (Å²) in [5, 5.41) is 12.5. The largest absolute Gasteiger partial charge is 0.393 e. The lowest BCUT2D eigenvalue weighted by molar-refractivity contribution is -0.122. The van der Waals surface area contributed by atoms with Crippen molar-refractivity contribution in [2.24, 2.45) is 5.92 Å². The Morgan fingerprint density at radius 2 is 2.00 bits per heavy atom. The van der Waals surface area contributed by atoms with Crippen molar-refractivity contribution in [3.63, 3.8) is 0 Å². The van der Waals surface area contributed by atoms with Gasteiger partial charge in [-0.1, -0.05) is 0 Å². The summed E-state index contributed by atoms with van der Waals surface area (Å²) in [6, 6.07) is 0.461. The van der Waals surface area contributed by atoms with Crippen LogP contribution in [0.1, 0.15) is 32.6 Å². The zero-order valence-corrected chi connectivity index (χ0v) is 9.98. The molecule has 1 saturated heterocycles. The minimum absolute atomic E-state index is 0.165. The van der Waals surface area contributed by atoms with Crippen molar-refractivity contribution in [1.82, 2.24) is 10.2 Å². The van der Waals surface area contributed by atoms with E-state index in [4.69, 9.17) is 0 Å². The summed E-state index contributed by atoms with van der Waals surface area (Å²) in [5.74, 6) is 0.584. The molecule has 2 N–H and O–H groups in total. The first kappa shape index (κ1) is 11.9. The molecule has 0 aromatic rings. The topological polar surface area (TPSA) is 52.6 Å². The van der Waals surface area contributed by atoms with Crippen molar-refractivity contribution in [1.29, 1.82) is 0 Å². The Morgan fingerprint density at radius 1 is 1.38 bits per heavy atom. The van der Waals surface area contributed by atoms with Gasteiger partial charge in [-0.3, -0.25) is 9.69 Å². The Morgan fingerprint density at radius 3 is 2.50 bits per heavy atom. The molecule has 1 unspecified atom stereocenters. The molecular formula is C12H22N2O2. The number of aliphatic hydroxyl groups excluding tert-OH is 1. The summed E-state index contributed by atoms with van der Waals surface area (Å²) in [6.45, 7) is 4.27. The lowest BCUT2D eigenvalue weighted by Gasteiger charge is -2.32. The molecule has 0 spiro atoms. The van der Waals surface area contributed by atoms with Crippen molar-refractivity contribution in [2.75, 3.05) is 19.6 Å². The van der Waals surface area contributed by atoms with E-state index < -0.39 is 0 Å². The number of hydrogen-bond acceptors (Lipinski definition) is 3. The van der Waals surface area contributed by atoms with E-state index in [1.807, 2.05) is 6.92 Å². The van der Waals surface area contributed by atoms with E-state index >= 15 is 0 Å². The van der Waals surface area contributed by atoms with Crippen molar-refractivity contribution in [3.8, 4) is 0 Å². The van der Waals surface area contributed by atoms with Crippen LogP contribution in [0.15, 0.2) is 0 Å². The van der Waals surface area contributed by atoms with Crippen LogP contribution in [0.2, 0.25) is 0 Å². The molecule has 1 saturated carbocycles. The predicted octanol–water partition coefficient (Wildman–Crippen LogP) is 0.358. The third kappa shape index (κ3) is 3.46. The minimum Gasteiger partial charge on any atom is -0.393 e. The standard InChI is InChI=1S/C12H22N2O2/c1-9(15)10-4-6-14(7-5-10)8-12(16)13-11-2-3-11/h9-11,15H,2-8H2,1H3,(H,13,16). The normalized spacial score (nSPS) is 25.4. The Labute approximate surface area is 97.0 Å². The lowest BCUT2D eigenvalue weighted by atomic mass is 9.92. The highest BCUT2D eigenvalue weighted by Gasteiger charge is 2.26. The molecule has 1 aliphatic carbocycles. The molecule has 4 nitrogen and oxygen atoms in total. The van der Waals surface area contributed by atoms with Gasteiger partial charge in [0.25, 0.3) is 0 Å². The van der Waals surface area contributed by atoms with E-state index in [2.05, 4.69) is 10.2 Å². The summed E-state index contributed by atoms with van der Waals surface area (Å²) >= 11 is 0. The number of amides is 1. The van der Waals surface area contributed by atoms with Crippen LogP contribution in [-0.4, -0.2) is 47.7 Å². The number of hydrogen-bond donors (Lipinski definition) is 2. The van der Waals surface area contributed by atoms with Crippen molar-refractivity contribution >= 4 is 5.91 Å². The summed E-state index contributed by atoms with van der Waals surface area (Å²) in [4.78, 5) is 13.8. The first-order chi connectivity index (χ1) is 7.65. The van der Waals surface area contributed by atoms with Gasteiger partial charge in [0.2, 0.25) is 5.91 Å². The second-order valence-corrected chi connectivity index (χ2v) is 5.20. The molecule has 0 aromatic carbocycles. The molecule has 0 radical (unpaired) electrons. The van der Waals surface area contributed by atoms with E-state index in [0.29, 0.717) is 18.5 Å². The van der Waals surface area contributed by atoms with E-state index in [0.717, 1.165) is 38.8 Å². The minimum atomic E-state index is -0.206. The Kier molecular flexibility index (Phi) is 3.82. The van der Waals surface area contributed by atoms with E-state index in [-0.39, 0.29) is 12.0 Å². The molecule has 1 heterocycles. The molecule has 92 valence electrons. The highest BCUT2D eigenvalue weighted by atomic mass is 16.3. The smallest absolute Gasteiger partial charge is 0.234 e. The maximum absolute atomic E-state index is 11.6. The number of rotatable bonds is 4. The van der Waals surface area contributed by atoms with E-state index in [9.17, 15) is 9.90 Å². The second kappa shape index (κ2) is 5.15. The summed E-state index contributed by atoms with van der Waals surface area (Å²) in [5.41, 5.74) is 0. The highest BCUT2D eigenvalue weighted by Crippen LogP contribution is 2.21. The molecule has 2 fully saturated rings. The van der Waals surface area contributed by atoms with E-state index in [1.54, 1.807) is 0 Å². The highest BCUT2D eigenvalue weighted by molar-refractivity contribution is 5.78. The summed E-state index contributed by atoms with van der Waals surface area (Å²) in [7, 11) is 0. The molecular weight excluding hydrogens is 204 g/mol. The maximum atomic E-state index is 11.6. The van der Waals surface area contributed by atoms with Gasteiger partial charge in [-0.25, -0.2) is 0 Å². The van der Waals surface area contributed by atoms with Gasteiger partial charge in [0.15, 0.2) is 0 Å². The van der Waals surface area contributed by atoms with Gasteiger partial charge in [-0.2, -0.15) is 0 Å². The van der Waals surface area contributed by atoms with Crippen LogP contribution in [0.5, 0.6) is 0 Å². The van der Waals surface area contributed by atoms with Crippen LogP contribution >= 0.6 is 0 Å². The van der Waals surface area contributed by atoms with Gasteiger partial charge < -0.3 is 10.4 Å². The number of likely N-dealkylation sites (tertiary alicyclic amines) is 1. The van der Waals surface area contributed by atoms with Gasteiger partial charge >= 0.3 is 0 Å². The average molecular weight is 226 g/mol. The molecule has 4 heteroatoms. The Balaban J connectivity index is 1.66. The lowest BCUT2D eigenvalue weighted by Crippen LogP contribution is -2.43. The second-order valence-electron chi connectivity index (χ2n) is 5.20. The molecule has 0 aromatic heterocycles. The Bertz CT molecular complexity index is 243. The van der Waals surface area contributed by atoms with Gasteiger partial charge in [0.1, 0.15) is 0 Å². The monoisotopic (exact) mass is 226 g/mol. The van der Waals surface area contributed by atoms with Gasteiger partial charge in [0.05, 0.1) is 12.6 Å². The third-order valence-corrected chi connectivity index (χ3v) is 3.62. The molecule has 1 aliphatic heterocycles. The fourth-order valence-corrected chi connectivity index (χ4v) is 2.30. The van der Waals surface area contributed by atoms with Crippen LogP contribution in [0.3, 0.4) is 0 Å². The SMILES string of the molecule is CC(O)C1CCN(CC(=O)NC2CC2)CC1. The van der Waals surface area contributed by atoms with Crippen molar-refractivity contribution in [2.45, 2.75) is 44.8 Å². The van der Waals surface area contributed by atoms with Crippen LogP contribution < -0.4 is 5.32 Å². The molecule has 16 heavy (non-hydrogen) atoms. The number of piperidine rings is 1. The first-order valence-corrected chi connectivity index (χ1v) is 6.35. The summed E-state index contributed by atoms with van der Waals surface area (Å²) < 4.78 is 0. The zero-order chi connectivity index (χ0) is 11.5. The van der Waals surface area contributed by atoms with E-state index in [1.165, 1.54) is 0 Å². The third-order valence-electron chi connectivity index (χ3n) is 3.62. The molecule has 1 atom stereocenters. The number of nitrogens with one attached hydrogen (secondary N) is 1. The zero-order valence-electron chi connectivity index (χ0n) is 9.98. The molecule has 1 amide bonds. The fraction of sp³-hybridized carbons (Fsp3) is 0.917. The van der Waals surface area contributed by atoms with Crippen LogP contribution in [0, 0.1) is 5.92 Å². The number of aliphatic hydroxyl groups is 1. The van der Waals surface area contributed by atoms with Gasteiger partial charge in [0, 0.05) is 6.04 Å². The summed E-state index contributed by atoms with van der Waals surface area (Å²) in [6.07, 6.45) is 4.11. The fourth-order valence-electron chi connectivity index (χ4n) is 2.30. The molecule has 2 aliphatic rings. The van der Waals surface area contributed by atoms with Crippen LogP contribution in [-0.2, 0) is 4.79 Å². The average Bonchev–Trinajstić information content (AvgIpc) is 3.02. The predicted molar refractivity (Wildman–Crippen MR) is 62.0 cm³/mol. The van der Waals surface area contributed by atoms with Gasteiger partial charge in [-0.05, 0) is 51.6 Å². The number of carbonyl (C=O) groups is 1. The quantitative estimate of drug-likeness (QED) is 0.727. The maximum Gasteiger partial charge on any atom is 0.234 e. The van der Waals surface area contributed by atoms with Crippen molar-refractivity contribution in [3.05, 3.63) is 0 Å². The number of carbonyl (C=O) groups excluding carboxylic acids is 1. The molecule has 0 bridgehead atoms. The number of nitrogens with zero attached hydrogens (tertiary/aromatic N) is 1. The van der Waals surface area contributed by atoms with Crippen molar-refractivity contribution < 1.29 is 9.90 Å². The van der Waals surface area contributed by atoms with Crippen LogP contribution in [0.25, 0.3) is 0 Å². The van der Waals surface area contributed by atoms with Gasteiger partial charge in [-0.15, -0.1) is 0 Å².